The third-order valence-electron chi connectivity index (χ3n) is 2.72. The number of aryl methyl sites for hydroxylation is 3. The number of thioether (sulfide) groups is 1. The molecular weight excluding hydrogens is 264 g/mol. The van der Waals surface area contributed by atoms with Crippen LogP contribution in [0, 0.1) is 20.8 Å². The number of hydrogen-bond donors (Lipinski definition) is 0. The molecule has 0 bridgehead atoms. The molecule has 0 aliphatic heterocycles. The highest BCUT2D eigenvalue weighted by atomic mass is 35.5. The van der Waals surface area contributed by atoms with E-state index in [1.165, 1.54) is 16.0 Å². The van der Waals surface area contributed by atoms with E-state index < -0.39 is 0 Å². The first-order valence-corrected chi connectivity index (χ1v) is 7.11. The molecule has 18 heavy (non-hydrogen) atoms. The molecule has 0 saturated carbocycles. The molecule has 4 heteroatoms. The molecule has 1 aromatic heterocycles. The van der Waals surface area contributed by atoms with Gasteiger partial charge < -0.3 is 0 Å². The lowest BCUT2D eigenvalue weighted by molar-refractivity contribution is 0.996. The van der Waals surface area contributed by atoms with E-state index in [-0.39, 0.29) is 0 Å². The average Bonchev–Trinajstić information content (AvgIpc) is 2.29. The molecule has 2 rings (SSSR count). The Morgan fingerprint density at radius 3 is 2.50 bits per heavy atom. The largest absolute Gasteiger partial charge is 0.237 e. The van der Waals surface area contributed by atoms with Crippen LogP contribution in [-0.2, 0) is 5.75 Å². The molecule has 0 N–H and O–H groups in total. The van der Waals surface area contributed by atoms with Crippen LogP contribution in [0.15, 0.2) is 29.2 Å². The van der Waals surface area contributed by atoms with Gasteiger partial charge in [-0.1, -0.05) is 17.7 Å². The molecule has 2 nitrogen and oxygen atoms in total. The number of rotatable bonds is 3. The van der Waals surface area contributed by atoms with Gasteiger partial charge in [-0.2, -0.15) is 0 Å². The fraction of sp³-hybridized carbons (Fsp3) is 0.286. The summed E-state index contributed by atoms with van der Waals surface area (Å²) in [5.41, 5.74) is 3.53. The van der Waals surface area contributed by atoms with E-state index in [0.717, 1.165) is 17.3 Å². The van der Waals surface area contributed by atoms with Crippen LogP contribution in [0.2, 0.25) is 5.15 Å². The maximum absolute atomic E-state index is 5.92. The van der Waals surface area contributed by atoms with E-state index in [1.54, 1.807) is 17.8 Å². The molecule has 1 heterocycles. The molecule has 1 aromatic carbocycles. The molecule has 0 amide bonds. The molecule has 0 radical (unpaired) electrons. The normalized spacial score (nSPS) is 10.7. The Morgan fingerprint density at radius 1 is 1.06 bits per heavy atom. The van der Waals surface area contributed by atoms with Gasteiger partial charge in [0.15, 0.2) is 0 Å². The minimum Gasteiger partial charge on any atom is -0.237 e. The number of benzene rings is 1. The van der Waals surface area contributed by atoms with E-state index in [1.807, 2.05) is 6.92 Å². The molecule has 0 unspecified atom stereocenters. The van der Waals surface area contributed by atoms with E-state index in [4.69, 9.17) is 11.6 Å². The number of nitrogens with zero attached hydrogens (tertiary/aromatic N) is 2. The first-order chi connectivity index (χ1) is 8.54. The van der Waals surface area contributed by atoms with Crippen LogP contribution < -0.4 is 0 Å². The van der Waals surface area contributed by atoms with Crippen LogP contribution in [-0.4, -0.2) is 9.97 Å². The van der Waals surface area contributed by atoms with E-state index in [9.17, 15) is 0 Å². The Hall–Kier alpha value is -1.06. The van der Waals surface area contributed by atoms with Gasteiger partial charge in [0, 0.05) is 10.6 Å². The minimum absolute atomic E-state index is 0.512. The van der Waals surface area contributed by atoms with Crippen molar-refractivity contribution in [3.05, 3.63) is 52.1 Å². The van der Waals surface area contributed by atoms with Crippen molar-refractivity contribution in [1.82, 2.24) is 9.97 Å². The van der Waals surface area contributed by atoms with Gasteiger partial charge in [-0.3, -0.25) is 0 Å². The van der Waals surface area contributed by atoms with Crippen LogP contribution in [0.1, 0.15) is 22.6 Å². The Labute approximate surface area is 117 Å². The Morgan fingerprint density at radius 2 is 1.83 bits per heavy atom. The second kappa shape index (κ2) is 5.72. The quantitative estimate of drug-likeness (QED) is 0.617. The highest BCUT2D eigenvalue weighted by Gasteiger charge is 2.03. The minimum atomic E-state index is 0.512. The predicted molar refractivity (Wildman–Crippen MR) is 77.3 cm³/mol. The summed E-state index contributed by atoms with van der Waals surface area (Å²) in [5, 5.41) is 0.512. The van der Waals surface area contributed by atoms with Crippen molar-refractivity contribution < 1.29 is 0 Å². The lowest BCUT2D eigenvalue weighted by atomic mass is 10.1. The smallest absolute Gasteiger partial charge is 0.140 e. The second-order valence-corrected chi connectivity index (χ2v) is 5.72. The number of halogens is 1. The first kappa shape index (κ1) is 13.4. The van der Waals surface area contributed by atoms with Crippen molar-refractivity contribution in [1.29, 1.82) is 0 Å². The molecule has 0 aliphatic rings. The van der Waals surface area contributed by atoms with Crippen LogP contribution in [0.4, 0.5) is 0 Å². The zero-order valence-electron chi connectivity index (χ0n) is 10.7. The van der Waals surface area contributed by atoms with E-state index in [2.05, 4.69) is 42.0 Å². The predicted octanol–water partition coefficient (Wildman–Crippen LogP) is 4.35. The Bertz CT molecular complexity index is 549. The maximum atomic E-state index is 5.92. The standard InChI is InChI=1S/C14H15ClN2S/c1-9-4-5-12(6-10(9)2)18-8-14-16-11(3)7-13(15)17-14/h4-7H,8H2,1-3H3. The average molecular weight is 279 g/mol. The Balaban J connectivity index is 2.08. The maximum Gasteiger partial charge on any atom is 0.140 e. The van der Waals surface area contributed by atoms with Crippen LogP contribution in [0.3, 0.4) is 0 Å². The highest BCUT2D eigenvalue weighted by molar-refractivity contribution is 7.98. The molecule has 94 valence electrons. The van der Waals surface area contributed by atoms with Crippen molar-refractivity contribution in [3.8, 4) is 0 Å². The Kier molecular flexibility index (Phi) is 4.25. The zero-order valence-corrected chi connectivity index (χ0v) is 12.3. The van der Waals surface area contributed by atoms with Gasteiger partial charge in [0.1, 0.15) is 11.0 Å². The van der Waals surface area contributed by atoms with Gasteiger partial charge in [-0.15, -0.1) is 11.8 Å². The summed E-state index contributed by atoms with van der Waals surface area (Å²) in [6, 6.07) is 8.23. The van der Waals surface area contributed by atoms with Crippen molar-refractivity contribution >= 4 is 23.4 Å². The summed E-state index contributed by atoms with van der Waals surface area (Å²) in [6.07, 6.45) is 0. The van der Waals surface area contributed by atoms with Gasteiger partial charge >= 0.3 is 0 Å². The lowest BCUT2D eigenvalue weighted by Crippen LogP contribution is -1.95. The van der Waals surface area contributed by atoms with Crippen LogP contribution >= 0.6 is 23.4 Å². The lowest BCUT2D eigenvalue weighted by Gasteiger charge is -2.05. The zero-order chi connectivity index (χ0) is 13.1. The third kappa shape index (κ3) is 3.47. The SMILES string of the molecule is Cc1cc(Cl)nc(CSc2ccc(C)c(C)c2)n1. The molecule has 0 spiro atoms. The van der Waals surface area contributed by atoms with Crippen molar-refractivity contribution in [2.75, 3.05) is 0 Å². The molecule has 0 atom stereocenters. The molecule has 2 aromatic rings. The fourth-order valence-electron chi connectivity index (χ4n) is 1.60. The number of hydrogen-bond acceptors (Lipinski definition) is 3. The van der Waals surface area contributed by atoms with Gasteiger partial charge in [0.25, 0.3) is 0 Å². The van der Waals surface area contributed by atoms with Crippen LogP contribution in [0.25, 0.3) is 0 Å². The summed E-state index contributed by atoms with van der Waals surface area (Å²) in [5.74, 6) is 1.52. The van der Waals surface area contributed by atoms with Crippen molar-refractivity contribution in [2.45, 2.75) is 31.4 Å². The van der Waals surface area contributed by atoms with Crippen molar-refractivity contribution in [3.63, 3.8) is 0 Å². The summed E-state index contributed by atoms with van der Waals surface area (Å²) < 4.78 is 0. The second-order valence-electron chi connectivity index (χ2n) is 4.28. The molecule has 0 fully saturated rings. The van der Waals surface area contributed by atoms with Gasteiger partial charge in [-0.05, 0) is 50.1 Å². The van der Waals surface area contributed by atoms with Gasteiger partial charge in [0.2, 0.25) is 0 Å². The first-order valence-electron chi connectivity index (χ1n) is 5.75. The third-order valence-corrected chi connectivity index (χ3v) is 3.90. The fourth-order valence-corrected chi connectivity index (χ4v) is 2.71. The van der Waals surface area contributed by atoms with Crippen LogP contribution in [0.5, 0.6) is 0 Å². The van der Waals surface area contributed by atoms with E-state index >= 15 is 0 Å². The highest BCUT2D eigenvalue weighted by Crippen LogP contribution is 2.24. The summed E-state index contributed by atoms with van der Waals surface area (Å²) in [4.78, 5) is 9.83. The topological polar surface area (TPSA) is 25.8 Å². The van der Waals surface area contributed by atoms with Crippen molar-refractivity contribution in [2.24, 2.45) is 0 Å². The molecular formula is C14H15ClN2S. The van der Waals surface area contributed by atoms with Gasteiger partial charge in [-0.25, -0.2) is 9.97 Å². The summed E-state index contributed by atoms with van der Waals surface area (Å²) in [6.45, 7) is 6.17. The summed E-state index contributed by atoms with van der Waals surface area (Å²) in [7, 11) is 0. The molecule has 0 saturated heterocycles. The summed E-state index contributed by atoms with van der Waals surface area (Å²) >= 11 is 7.65. The van der Waals surface area contributed by atoms with Gasteiger partial charge in [0.05, 0.1) is 5.75 Å². The molecule has 0 aliphatic carbocycles. The van der Waals surface area contributed by atoms with E-state index in [0.29, 0.717) is 5.15 Å². The monoisotopic (exact) mass is 278 g/mol. The number of aromatic nitrogens is 2.